The number of halogens is 3. The molecule has 0 fully saturated rings. The summed E-state index contributed by atoms with van der Waals surface area (Å²) in [6.45, 7) is 0.107. The van der Waals surface area contributed by atoms with Gasteiger partial charge in [-0.05, 0) is 36.4 Å². The second-order valence-electron chi connectivity index (χ2n) is 6.13. The summed E-state index contributed by atoms with van der Waals surface area (Å²) in [6.07, 6.45) is 0. The van der Waals surface area contributed by atoms with Gasteiger partial charge in [0, 0.05) is 12.1 Å². The molecule has 0 spiro atoms. The first-order valence-electron chi connectivity index (χ1n) is 8.49. The minimum atomic E-state index is -0.538. The Kier molecular flexibility index (Phi) is 4.79. The van der Waals surface area contributed by atoms with Crippen LogP contribution in [0.4, 0.5) is 14.7 Å². The van der Waals surface area contributed by atoms with Crippen LogP contribution in [0.3, 0.4) is 0 Å². The van der Waals surface area contributed by atoms with E-state index in [0.717, 1.165) is 6.07 Å². The van der Waals surface area contributed by atoms with Gasteiger partial charge in [-0.2, -0.15) is 0 Å². The summed E-state index contributed by atoms with van der Waals surface area (Å²) in [6, 6.07) is 16.9. The normalized spacial score (nSPS) is 11.0. The maximum Gasteiger partial charge on any atom is 0.267 e. The van der Waals surface area contributed by atoms with Gasteiger partial charge < -0.3 is 5.32 Å². The highest BCUT2D eigenvalue weighted by atomic mass is 35.5. The smallest absolute Gasteiger partial charge is 0.267 e. The third-order valence-corrected chi connectivity index (χ3v) is 4.64. The zero-order chi connectivity index (χ0) is 19.7. The Morgan fingerprint density at radius 1 is 1.00 bits per heavy atom. The number of rotatable bonds is 4. The van der Waals surface area contributed by atoms with Crippen molar-refractivity contribution in [2.24, 2.45) is 0 Å². The molecular weight excluding hydrogens is 384 g/mol. The molecule has 7 heteroatoms. The number of benzene rings is 3. The SMILES string of the molecule is O=c1c2cc(F)ccc2nc(NCc2ccccc2F)n1-c1ccccc1Cl. The molecule has 0 saturated heterocycles. The zero-order valence-corrected chi connectivity index (χ0v) is 15.3. The standard InChI is InChI=1S/C21H14ClF2N3O/c22-16-6-2-4-8-19(16)27-20(28)15-11-14(23)9-10-18(15)26-21(27)25-12-13-5-1-3-7-17(13)24/h1-11H,12H2,(H,25,26). The second-order valence-corrected chi connectivity index (χ2v) is 6.54. The fourth-order valence-corrected chi connectivity index (χ4v) is 3.17. The lowest BCUT2D eigenvalue weighted by atomic mass is 10.2. The van der Waals surface area contributed by atoms with Gasteiger partial charge in [0.1, 0.15) is 11.6 Å². The molecule has 0 aliphatic heterocycles. The molecule has 140 valence electrons. The molecule has 28 heavy (non-hydrogen) atoms. The molecular formula is C21H14ClF2N3O. The van der Waals surface area contributed by atoms with Gasteiger partial charge in [0.2, 0.25) is 5.95 Å². The molecule has 1 heterocycles. The molecule has 0 bridgehead atoms. The predicted octanol–water partition coefficient (Wildman–Crippen LogP) is 4.93. The Bertz CT molecular complexity index is 1240. The monoisotopic (exact) mass is 397 g/mol. The number of para-hydroxylation sites is 1. The van der Waals surface area contributed by atoms with Crippen molar-refractivity contribution in [3.63, 3.8) is 0 Å². The Hall–Kier alpha value is -3.25. The van der Waals surface area contributed by atoms with E-state index < -0.39 is 11.4 Å². The highest BCUT2D eigenvalue weighted by molar-refractivity contribution is 6.32. The molecule has 0 atom stereocenters. The van der Waals surface area contributed by atoms with Crippen LogP contribution < -0.4 is 10.9 Å². The minimum Gasteiger partial charge on any atom is -0.351 e. The van der Waals surface area contributed by atoms with Crippen molar-refractivity contribution in [1.82, 2.24) is 9.55 Å². The quantitative estimate of drug-likeness (QED) is 0.531. The van der Waals surface area contributed by atoms with Gasteiger partial charge in [0.25, 0.3) is 5.56 Å². The van der Waals surface area contributed by atoms with Gasteiger partial charge >= 0.3 is 0 Å². The molecule has 0 unspecified atom stereocenters. The number of hydrogen-bond donors (Lipinski definition) is 1. The number of nitrogens with one attached hydrogen (secondary N) is 1. The van der Waals surface area contributed by atoms with Crippen LogP contribution in [0.15, 0.2) is 71.5 Å². The van der Waals surface area contributed by atoms with Crippen LogP contribution in [-0.4, -0.2) is 9.55 Å². The number of anilines is 1. The van der Waals surface area contributed by atoms with Gasteiger partial charge in [0.15, 0.2) is 0 Å². The van der Waals surface area contributed by atoms with Crippen LogP contribution in [0.5, 0.6) is 0 Å². The van der Waals surface area contributed by atoms with E-state index in [0.29, 0.717) is 21.8 Å². The van der Waals surface area contributed by atoms with E-state index in [4.69, 9.17) is 11.6 Å². The molecule has 4 nitrogen and oxygen atoms in total. The van der Waals surface area contributed by atoms with Gasteiger partial charge in [-0.25, -0.2) is 18.3 Å². The fourth-order valence-electron chi connectivity index (χ4n) is 2.95. The average Bonchev–Trinajstić information content (AvgIpc) is 2.69. The predicted molar refractivity (Wildman–Crippen MR) is 106 cm³/mol. The zero-order valence-electron chi connectivity index (χ0n) is 14.5. The first-order chi connectivity index (χ1) is 13.5. The van der Waals surface area contributed by atoms with Crippen LogP contribution in [-0.2, 0) is 6.54 Å². The van der Waals surface area contributed by atoms with Crippen LogP contribution in [0, 0.1) is 11.6 Å². The Balaban J connectivity index is 1.90. The van der Waals surface area contributed by atoms with Crippen molar-refractivity contribution in [2.45, 2.75) is 6.54 Å². The summed E-state index contributed by atoms with van der Waals surface area (Å²) in [5.41, 5.74) is 0.657. The number of nitrogens with zero attached hydrogens (tertiary/aromatic N) is 2. The average molecular weight is 398 g/mol. The van der Waals surface area contributed by atoms with E-state index in [-0.39, 0.29) is 23.7 Å². The summed E-state index contributed by atoms with van der Waals surface area (Å²) in [7, 11) is 0. The van der Waals surface area contributed by atoms with Crippen LogP contribution in [0.2, 0.25) is 5.02 Å². The van der Waals surface area contributed by atoms with Crippen molar-refractivity contribution >= 4 is 28.5 Å². The van der Waals surface area contributed by atoms with E-state index in [1.807, 2.05) is 0 Å². The first-order valence-corrected chi connectivity index (χ1v) is 8.87. The third-order valence-electron chi connectivity index (χ3n) is 4.32. The number of aromatic nitrogens is 2. The topological polar surface area (TPSA) is 46.9 Å². The highest BCUT2D eigenvalue weighted by Gasteiger charge is 2.15. The van der Waals surface area contributed by atoms with Gasteiger partial charge in [-0.1, -0.05) is 41.9 Å². The van der Waals surface area contributed by atoms with Crippen molar-refractivity contribution < 1.29 is 8.78 Å². The molecule has 0 amide bonds. The van der Waals surface area contributed by atoms with E-state index in [9.17, 15) is 13.6 Å². The number of hydrogen-bond acceptors (Lipinski definition) is 3. The molecule has 4 aromatic rings. The summed E-state index contributed by atoms with van der Waals surface area (Å²) in [5, 5.41) is 3.45. The Morgan fingerprint density at radius 3 is 2.54 bits per heavy atom. The molecule has 0 radical (unpaired) electrons. The summed E-state index contributed by atoms with van der Waals surface area (Å²) in [4.78, 5) is 17.6. The third kappa shape index (κ3) is 3.34. The molecule has 3 aromatic carbocycles. The second kappa shape index (κ2) is 7.40. The number of fused-ring (bicyclic) bond motifs is 1. The van der Waals surface area contributed by atoms with E-state index >= 15 is 0 Å². The molecule has 1 N–H and O–H groups in total. The van der Waals surface area contributed by atoms with Crippen molar-refractivity contribution in [2.75, 3.05) is 5.32 Å². The van der Waals surface area contributed by atoms with Gasteiger partial charge in [0.05, 0.1) is 21.6 Å². The van der Waals surface area contributed by atoms with Gasteiger partial charge in [-0.3, -0.25) is 4.79 Å². The lowest BCUT2D eigenvalue weighted by molar-refractivity contribution is 0.612. The Morgan fingerprint density at radius 2 is 1.75 bits per heavy atom. The van der Waals surface area contributed by atoms with Gasteiger partial charge in [-0.15, -0.1) is 0 Å². The lowest BCUT2D eigenvalue weighted by Gasteiger charge is -2.16. The first kappa shape index (κ1) is 18.1. The minimum absolute atomic E-state index is 0.107. The molecule has 0 aliphatic rings. The summed E-state index contributed by atoms with van der Waals surface area (Å²) in [5.74, 6) is -0.728. The molecule has 1 aromatic heterocycles. The van der Waals surface area contributed by atoms with Crippen LogP contribution >= 0.6 is 11.6 Å². The summed E-state index contributed by atoms with van der Waals surface area (Å²) < 4.78 is 28.9. The highest BCUT2D eigenvalue weighted by Crippen LogP contribution is 2.23. The van der Waals surface area contributed by atoms with Crippen LogP contribution in [0.25, 0.3) is 16.6 Å². The molecule has 0 saturated carbocycles. The fraction of sp³-hybridized carbons (Fsp3) is 0.0476. The molecule has 4 rings (SSSR count). The largest absolute Gasteiger partial charge is 0.351 e. The van der Waals surface area contributed by atoms with Crippen molar-refractivity contribution in [3.05, 3.63) is 99.3 Å². The van der Waals surface area contributed by atoms with Crippen molar-refractivity contribution in [1.29, 1.82) is 0 Å². The maximum absolute atomic E-state index is 14.0. The van der Waals surface area contributed by atoms with E-state index in [1.165, 1.54) is 22.8 Å². The maximum atomic E-state index is 14.0. The Labute approximate surface area is 164 Å². The van der Waals surface area contributed by atoms with Crippen LogP contribution in [0.1, 0.15) is 5.56 Å². The molecule has 0 aliphatic carbocycles. The van der Waals surface area contributed by atoms with Crippen molar-refractivity contribution in [3.8, 4) is 5.69 Å². The van der Waals surface area contributed by atoms with E-state index in [2.05, 4.69) is 10.3 Å². The summed E-state index contributed by atoms with van der Waals surface area (Å²) >= 11 is 6.28. The lowest BCUT2D eigenvalue weighted by Crippen LogP contribution is -2.24. The van der Waals surface area contributed by atoms with E-state index in [1.54, 1.807) is 42.5 Å².